The van der Waals surface area contributed by atoms with Gasteiger partial charge >= 0.3 is 0 Å². The topological polar surface area (TPSA) is 66.8 Å². The van der Waals surface area contributed by atoms with Gasteiger partial charge in [-0.15, -0.1) is 0 Å². The fourth-order valence-electron chi connectivity index (χ4n) is 4.61. The highest BCUT2D eigenvalue weighted by molar-refractivity contribution is 9.10. The van der Waals surface area contributed by atoms with Crippen LogP contribution in [0.3, 0.4) is 0 Å². The van der Waals surface area contributed by atoms with Gasteiger partial charge in [0.15, 0.2) is 0 Å². The van der Waals surface area contributed by atoms with E-state index in [-0.39, 0.29) is 16.7 Å². The van der Waals surface area contributed by atoms with Crippen molar-refractivity contribution < 1.29 is 19.4 Å². The summed E-state index contributed by atoms with van der Waals surface area (Å²) in [6.07, 6.45) is 0.561. The van der Waals surface area contributed by atoms with Gasteiger partial charge in [-0.1, -0.05) is 79.2 Å². The van der Waals surface area contributed by atoms with Crippen molar-refractivity contribution in [2.75, 3.05) is 13.7 Å². The van der Waals surface area contributed by atoms with Crippen LogP contribution in [0.25, 0.3) is 5.76 Å². The predicted molar refractivity (Wildman–Crippen MR) is 150 cm³/mol. The number of carbonyl (C=O) groups excluding carboxylic acids is 2. The molecule has 1 aliphatic heterocycles. The van der Waals surface area contributed by atoms with Crippen LogP contribution in [0.1, 0.15) is 54.6 Å². The average Bonchev–Trinajstić information content (AvgIpc) is 3.13. The van der Waals surface area contributed by atoms with E-state index in [0.29, 0.717) is 18.5 Å². The summed E-state index contributed by atoms with van der Waals surface area (Å²) in [6.45, 7) is 8.66. The number of amides is 1. The lowest BCUT2D eigenvalue weighted by Crippen LogP contribution is -2.31. The summed E-state index contributed by atoms with van der Waals surface area (Å²) >= 11 is 3.48. The number of hydrogen-bond acceptors (Lipinski definition) is 4. The highest BCUT2D eigenvalue weighted by atomic mass is 79.9. The van der Waals surface area contributed by atoms with Gasteiger partial charge in [-0.25, -0.2) is 0 Å². The number of likely N-dealkylation sites (tertiary alicyclic amines) is 1. The van der Waals surface area contributed by atoms with E-state index < -0.39 is 17.7 Å². The number of benzene rings is 3. The summed E-state index contributed by atoms with van der Waals surface area (Å²) in [7, 11) is 1.62. The molecular formula is C31H32BrNO4. The van der Waals surface area contributed by atoms with Crippen LogP contribution in [-0.4, -0.2) is 35.4 Å². The molecule has 0 saturated carbocycles. The van der Waals surface area contributed by atoms with Crippen LogP contribution in [0.4, 0.5) is 0 Å². The smallest absolute Gasteiger partial charge is 0.295 e. The molecule has 192 valence electrons. The molecule has 0 spiro atoms. The van der Waals surface area contributed by atoms with Crippen molar-refractivity contribution >= 4 is 33.4 Å². The van der Waals surface area contributed by atoms with Crippen LogP contribution < -0.4 is 4.74 Å². The Labute approximate surface area is 226 Å². The van der Waals surface area contributed by atoms with Gasteiger partial charge in [-0.3, -0.25) is 9.59 Å². The van der Waals surface area contributed by atoms with Crippen LogP contribution in [0.15, 0.2) is 76.8 Å². The van der Waals surface area contributed by atoms with Crippen molar-refractivity contribution in [3.05, 3.63) is 105 Å². The lowest BCUT2D eigenvalue weighted by atomic mass is 9.85. The molecule has 0 aliphatic carbocycles. The molecular weight excluding hydrogens is 530 g/mol. The molecule has 6 heteroatoms. The SMILES string of the molecule is COc1ccc(CCN2C(=O)C(=O)/C(=C(\O)c3ccc(Br)c(C)c3)C2c2ccc(C(C)(C)C)cc2)cc1. The maximum atomic E-state index is 13.4. The zero-order valence-corrected chi connectivity index (χ0v) is 23.4. The minimum atomic E-state index is -0.684. The molecule has 4 rings (SSSR count). The molecule has 1 fully saturated rings. The number of ether oxygens (including phenoxy) is 1. The summed E-state index contributed by atoms with van der Waals surface area (Å²) in [5.74, 6) is -0.676. The Morgan fingerprint density at radius 2 is 1.65 bits per heavy atom. The van der Waals surface area contributed by atoms with E-state index in [9.17, 15) is 14.7 Å². The van der Waals surface area contributed by atoms with Gasteiger partial charge in [0.25, 0.3) is 11.7 Å². The van der Waals surface area contributed by atoms with Gasteiger partial charge in [0, 0.05) is 16.6 Å². The summed E-state index contributed by atoms with van der Waals surface area (Å²) in [6, 6.07) is 20.3. The van der Waals surface area contributed by atoms with E-state index in [1.54, 1.807) is 18.1 Å². The number of carbonyl (C=O) groups is 2. The summed E-state index contributed by atoms with van der Waals surface area (Å²) in [4.78, 5) is 28.2. The number of hydrogen-bond donors (Lipinski definition) is 1. The lowest BCUT2D eigenvalue weighted by molar-refractivity contribution is -0.139. The predicted octanol–water partition coefficient (Wildman–Crippen LogP) is 6.73. The summed E-state index contributed by atoms with van der Waals surface area (Å²) < 4.78 is 6.14. The monoisotopic (exact) mass is 561 g/mol. The Morgan fingerprint density at radius 3 is 2.22 bits per heavy atom. The first kappa shape index (κ1) is 26.7. The van der Waals surface area contributed by atoms with E-state index in [2.05, 4.69) is 36.7 Å². The molecule has 1 unspecified atom stereocenters. The molecule has 5 nitrogen and oxygen atoms in total. The zero-order chi connectivity index (χ0) is 26.9. The number of nitrogens with zero attached hydrogens (tertiary/aromatic N) is 1. The first-order valence-electron chi connectivity index (χ1n) is 12.3. The number of aryl methyl sites for hydroxylation is 1. The molecule has 0 radical (unpaired) electrons. The molecule has 1 aliphatic rings. The highest BCUT2D eigenvalue weighted by Crippen LogP contribution is 2.40. The summed E-state index contributed by atoms with van der Waals surface area (Å²) in [5.41, 5.74) is 4.46. The van der Waals surface area contributed by atoms with Gasteiger partial charge < -0.3 is 14.7 Å². The molecule has 1 saturated heterocycles. The molecule has 1 N–H and O–H groups in total. The van der Waals surface area contributed by atoms with E-state index in [0.717, 1.165) is 32.5 Å². The van der Waals surface area contributed by atoms with Crippen LogP contribution in [0.2, 0.25) is 0 Å². The van der Waals surface area contributed by atoms with Crippen LogP contribution in [0, 0.1) is 6.92 Å². The minimum absolute atomic E-state index is 0.0380. The average molecular weight is 563 g/mol. The standard InChI is InChI=1S/C31H32BrNO4/c1-19-18-22(10-15-25(19)32)28(34)26-27(21-8-11-23(12-9-21)31(2,3)4)33(30(36)29(26)35)17-16-20-6-13-24(37-5)14-7-20/h6-15,18,27,34H,16-17H2,1-5H3/b28-26-. The number of rotatable bonds is 6. The minimum Gasteiger partial charge on any atom is -0.507 e. The fourth-order valence-corrected chi connectivity index (χ4v) is 4.86. The molecule has 37 heavy (non-hydrogen) atoms. The maximum absolute atomic E-state index is 13.4. The van der Waals surface area contributed by atoms with Gasteiger partial charge in [0.05, 0.1) is 18.7 Å². The largest absolute Gasteiger partial charge is 0.507 e. The molecule has 3 aromatic carbocycles. The third-order valence-electron chi connectivity index (χ3n) is 6.86. The van der Waals surface area contributed by atoms with Gasteiger partial charge in [0.2, 0.25) is 0 Å². The Bertz CT molecular complexity index is 1350. The van der Waals surface area contributed by atoms with Crippen LogP contribution >= 0.6 is 15.9 Å². The van der Waals surface area contributed by atoms with Crippen molar-refractivity contribution in [3.8, 4) is 5.75 Å². The number of methoxy groups -OCH3 is 1. The van der Waals surface area contributed by atoms with Crippen molar-refractivity contribution in [1.82, 2.24) is 4.90 Å². The van der Waals surface area contributed by atoms with E-state index in [1.807, 2.05) is 67.6 Å². The quantitative estimate of drug-likeness (QED) is 0.206. The molecule has 0 bridgehead atoms. The van der Waals surface area contributed by atoms with Crippen LogP contribution in [-0.2, 0) is 21.4 Å². The number of ketones is 1. The second-order valence-electron chi connectivity index (χ2n) is 10.4. The van der Waals surface area contributed by atoms with Gasteiger partial charge in [-0.2, -0.15) is 0 Å². The van der Waals surface area contributed by atoms with E-state index in [4.69, 9.17) is 4.74 Å². The zero-order valence-electron chi connectivity index (χ0n) is 21.8. The highest BCUT2D eigenvalue weighted by Gasteiger charge is 2.45. The Hall–Kier alpha value is -3.38. The first-order valence-corrected chi connectivity index (χ1v) is 13.1. The molecule has 1 amide bonds. The number of aliphatic hydroxyl groups excluding tert-OH is 1. The van der Waals surface area contributed by atoms with Crippen molar-refractivity contribution in [3.63, 3.8) is 0 Å². The normalized spacial score (nSPS) is 17.4. The Morgan fingerprint density at radius 1 is 1.00 bits per heavy atom. The van der Waals surface area contributed by atoms with E-state index >= 15 is 0 Å². The van der Waals surface area contributed by atoms with Crippen LogP contribution in [0.5, 0.6) is 5.75 Å². The Balaban J connectivity index is 1.77. The van der Waals surface area contributed by atoms with Gasteiger partial charge in [0.1, 0.15) is 11.5 Å². The molecule has 3 aromatic rings. The third-order valence-corrected chi connectivity index (χ3v) is 7.75. The maximum Gasteiger partial charge on any atom is 0.295 e. The summed E-state index contributed by atoms with van der Waals surface area (Å²) in [5, 5.41) is 11.4. The molecule has 0 aromatic heterocycles. The number of halogens is 1. The van der Waals surface area contributed by atoms with Crippen molar-refractivity contribution in [2.24, 2.45) is 0 Å². The fraction of sp³-hybridized carbons (Fsp3) is 0.290. The third kappa shape index (κ3) is 5.49. The lowest BCUT2D eigenvalue weighted by Gasteiger charge is -2.26. The number of Topliss-reactive ketones (excluding diaryl/α,β-unsaturated/α-hetero) is 1. The second-order valence-corrected chi connectivity index (χ2v) is 11.3. The second kappa shape index (κ2) is 10.5. The van der Waals surface area contributed by atoms with Gasteiger partial charge in [-0.05, 0) is 65.3 Å². The first-order chi connectivity index (χ1) is 17.5. The molecule has 1 atom stereocenters. The van der Waals surface area contributed by atoms with Crippen molar-refractivity contribution in [2.45, 2.75) is 45.6 Å². The Kier molecular flexibility index (Phi) is 7.60. The number of aliphatic hydroxyl groups is 1. The van der Waals surface area contributed by atoms with Crippen molar-refractivity contribution in [1.29, 1.82) is 0 Å². The van der Waals surface area contributed by atoms with E-state index in [1.165, 1.54) is 0 Å². The molecule has 1 heterocycles.